The Bertz CT molecular complexity index is 320. The van der Waals surface area contributed by atoms with Crippen LogP contribution in [0.4, 0.5) is 4.39 Å². The molecule has 0 aliphatic heterocycles. The monoisotopic (exact) mass is 194 g/mol. The first-order valence-electron chi connectivity index (χ1n) is 4.73. The summed E-state index contributed by atoms with van der Waals surface area (Å²) < 4.78 is 18.3. The van der Waals surface area contributed by atoms with E-state index in [2.05, 4.69) is 6.58 Å². The van der Waals surface area contributed by atoms with Gasteiger partial charge in [0.25, 0.3) is 0 Å². The fraction of sp³-hybridized carbons (Fsp3) is 0.333. The summed E-state index contributed by atoms with van der Waals surface area (Å²) in [6.07, 6.45) is 1.82. The Labute approximate surface area is 84.2 Å². The van der Waals surface area contributed by atoms with Crippen molar-refractivity contribution in [2.75, 3.05) is 6.61 Å². The summed E-state index contributed by atoms with van der Waals surface area (Å²) in [6.45, 7) is 8.02. The van der Waals surface area contributed by atoms with Gasteiger partial charge in [0, 0.05) is 0 Å². The third-order valence-corrected chi connectivity index (χ3v) is 2.13. The van der Waals surface area contributed by atoms with Crippen molar-refractivity contribution in [1.29, 1.82) is 0 Å². The van der Waals surface area contributed by atoms with E-state index in [0.29, 0.717) is 12.4 Å². The third kappa shape index (κ3) is 2.34. The summed E-state index contributed by atoms with van der Waals surface area (Å²) >= 11 is 0. The van der Waals surface area contributed by atoms with Gasteiger partial charge in [-0.2, -0.15) is 0 Å². The Morgan fingerprint density at radius 3 is 2.86 bits per heavy atom. The lowest BCUT2D eigenvalue weighted by Crippen LogP contribution is -1.97. The summed E-state index contributed by atoms with van der Waals surface area (Å²) in [5.74, 6) is 0.223. The molecule has 1 rings (SSSR count). The highest BCUT2D eigenvalue weighted by Gasteiger charge is 2.07. The highest BCUT2D eigenvalue weighted by Crippen LogP contribution is 2.24. The standard InChI is InChI=1S/C12H15FO/c1-4-9(3)10-6-7-11(13)12(8-10)14-5-2/h4,6-9H,1,5H2,2-3H3. The zero-order valence-corrected chi connectivity index (χ0v) is 8.59. The highest BCUT2D eigenvalue weighted by molar-refractivity contribution is 5.33. The quantitative estimate of drug-likeness (QED) is 0.666. The molecule has 0 saturated heterocycles. The molecule has 14 heavy (non-hydrogen) atoms. The average molecular weight is 194 g/mol. The molecule has 0 spiro atoms. The van der Waals surface area contributed by atoms with E-state index in [1.54, 1.807) is 12.1 Å². The van der Waals surface area contributed by atoms with E-state index >= 15 is 0 Å². The van der Waals surface area contributed by atoms with Crippen LogP contribution >= 0.6 is 0 Å². The topological polar surface area (TPSA) is 9.23 Å². The minimum absolute atomic E-state index is 0.217. The normalized spacial score (nSPS) is 12.2. The Kier molecular flexibility index (Phi) is 3.69. The molecular formula is C12H15FO. The van der Waals surface area contributed by atoms with Crippen LogP contribution in [0, 0.1) is 5.82 Å². The maximum Gasteiger partial charge on any atom is 0.165 e. The van der Waals surface area contributed by atoms with Crippen LogP contribution < -0.4 is 4.74 Å². The van der Waals surface area contributed by atoms with Crippen molar-refractivity contribution in [2.45, 2.75) is 19.8 Å². The zero-order chi connectivity index (χ0) is 10.6. The minimum atomic E-state index is -0.313. The number of ether oxygens (including phenoxy) is 1. The van der Waals surface area contributed by atoms with Crippen LogP contribution in [-0.4, -0.2) is 6.61 Å². The molecule has 0 bridgehead atoms. The summed E-state index contributed by atoms with van der Waals surface area (Å²) in [4.78, 5) is 0. The maximum atomic E-state index is 13.2. The van der Waals surface area contributed by atoms with Gasteiger partial charge in [-0.25, -0.2) is 4.39 Å². The summed E-state index contributed by atoms with van der Waals surface area (Å²) in [6, 6.07) is 4.91. The van der Waals surface area contributed by atoms with Crippen LogP contribution in [0.3, 0.4) is 0 Å². The van der Waals surface area contributed by atoms with Gasteiger partial charge in [-0.1, -0.05) is 19.1 Å². The Morgan fingerprint density at radius 1 is 1.57 bits per heavy atom. The Balaban J connectivity index is 2.99. The fourth-order valence-electron chi connectivity index (χ4n) is 1.21. The molecule has 1 atom stereocenters. The van der Waals surface area contributed by atoms with Gasteiger partial charge < -0.3 is 4.74 Å². The second-order valence-electron chi connectivity index (χ2n) is 3.15. The van der Waals surface area contributed by atoms with Crippen molar-refractivity contribution in [1.82, 2.24) is 0 Å². The smallest absolute Gasteiger partial charge is 0.165 e. The zero-order valence-electron chi connectivity index (χ0n) is 8.59. The summed E-state index contributed by atoms with van der Waals surface area (Å²) in [7, 11) is 0. The summed E-state index contributed by atoms with van der Waals surface area (Å²) in [5, 5.41) is 0. The van der Waals surface area contributed by atoms with Gasteiger partial charge >= 0.3 is 0 Å². The highest BCUT2D eigenvalue weighted by atomic mass is 19.1. The van der Waals surface area contributed by atoms with E-state index in [0.717, 1.165) is 5.56 Å². The average Bonchev–Trinajstić information content (AvgIpc) is 2.20. The van der Waals surface area contributed by atoms with Crippen molar-refractivity contribution in [3.8, 4) is 5.75 Å². The maximum absolute atomic E-state index is 13.2. The van der Waals surface area contributed by atoms with Crippen LogP contribution in [-0.2, 0) is 0 Å². The molecule has 0 fully saturated rings. The van der Waals surface area contributed by atoms with Gasteiger partial charge in [-0.05, 0) is 30.5 Å². The van der Waals surface area contributed by atoms with Crippen LogP contribution in [0.15, 0.2) is 30.9 Å². The van der Waals surface area contributed by atoms with E-state index in [1.165, 1.54) is 6.07 Å². The van der Waals surface area contributed by atoms with Gasteiger partial charge in [-0.3, -0.25) is 0 Å². The predicted molar refractivity (Wildman–Crippen MR) is 56.2 cm³/mol. The molecule has 2 heteroatoms. The minimum Gasteiger partial charge on any atom is -0.491 e. The van der Waals surface area contributed by atoms with Crippen LogP contribution in [0.25, 0.3) is 0 Å². The molecule has 0 aliphatic carbocycles. The van der Waals surface area contributed by atoms with Crippen molar-refractivity contribution in [2.24, 2.45) is 0 Å². The van der Waals surface area contributed by atoms with Gasteiger partial charge in [0.1, 0.15) is 0 Å². The van der Waals surface area contributed by atoms with Crippen molar-refractivity contribution < 1.29 is 9.13 Å². The van der Waals surface area contributed by atoms with Gasteiger partial charge in [0.15, 0.2) is 11.6 Å². The van der Waals surface area contributed by atoms with E-state index < -0.39 is 0 Å². The Morgan fingerprint density at radius 2 is 2.29 bits per heavy atom. The van der Waals surface area contributed by atoms with Gasteiger partial charge in [0.2, 0.25) is 0 Å². The van der Waals surface area contributed by atoms with E-state index in [-0.39, 0.29) is 11.7 Å². The second kappa shape index (κ2) is 4.80. The van der Waals surface area contributed by atoms with Crippen molar-refractivity contribution >= 4 is 0 Å². The third-order valence-electron chi connectivity index (χ3n) is 2.13. The molecule has 1 unspecified atom stereocenters. The largest absolute Gasteiger partial charge is 0.491 e. The molecule has 1 aromatic rings. The SMILES string of the molecule is C=CC(C)c1ccc(F)c(OCC)c1. The molecule has 76 valence electrons. The van der Waals surface area contributed by atoms with Crippen molar-refractivity contribution in [3.05, 3.63) is 42.2 Å². The van der Waals surface area contributed by atoms with Crippen LogP contribution in [0.5, 0.6) is 5.75 Å². The van der Waals surface area contributed by atoms with Crippen molar-refractivity contribution in [3.63, 3.8) is 0 Å². The fourth-order valence-corrected chi connectivity index (χ4v) is 1.21. The number of benzene rings is 1. The molecule has 0 aliphatic rings. The molecule has 0 amide bonds. The van der Waals surface area contributed by atoms with E-state index in [9.17, 15) is 4.39 Å². The molecule has 0 radical (unpaired) electrons. The van der Waals surface area contributed by atoms with Gasteiger partial charge in [-0.15, -0.1) is 6.58 Å². The second-order valence-corrected chi connectivity index (χ2v) is 3.15. The van der Waals surface area contributed by atoms with Crippen LogP contribution in [0.2, 0.25) is 0 Å². The number of allylic oxidation sites excluding steroid dienone is 1. The molecule has 0 heterocycles. The molecule has 0 aromatic heterocycles. The first-order chi connectivity index (χ1) is 6.69. The molecule has 0 N–H and O–H groups in total. The Hall–Kier alpha value is -1.31. The van der Waals surface area contributed by atoms with Gasteiger partial charge in [0.05, 0.1) is 6.61 Å². The summed E-state index contributed by atoms with van der Waals surface area (Å²) in [5.41, 5.74) is 1.02. The first-order valence-corrected chi connectivity index (χ1v) is 4.73. The number of hydrogen-bond acceptors (Lipinski definition) is 1. The van der Waals surface area contributed by atoms with Crippen LogP contribution in [0.1, 0.15) is 25.3 Å². The lowest BCUT2D eigenvalue weighted by atomic mass is 10.0. The lowest BCUT2D eigenvalue weighted by molar-refractivity contribution is 0.321. The van der Waals surface area contributed by atoms with E-state index in [1.807, 2.05) is 19.9 Å². The lowest BCUT2D eigenvalue weighted by Gasteiger charge is -2.10. The molecule has 0 saturated carbocycles. The van der Waals surface area contributed by atoms with E-state index in [4.69, 9.17) is 4.74 Å². The first kappa shape index (κ1) is 10.8. The number of rotatable bonds is 4. The molecule has 1 nitrogen and oxygen atoms in total. The molecule has 1 aromatic carbocycles. The predicted octanol–water partition coefficient (Wildman–Crippen LogP) is 3.51. The number of hydrogen-bond donors (Lipinski definition) is 0. The number of halogens is 1. The molecular weight excluding hydrogens is 179 g/mol.